The van der Waals surface area contributed by atoms with E-state index in [1.807, 2.05) is 24.3 Å². The SMILES string of the molecule is COc1ccc(S(=O)(=O)NCc2ccc(OC3CCN(C)CC3)cc2)cc1OC. The van der Waals surface area contributed by atoms with Gasteiger partial charge in [0, 0.05) is 25.7 Å². The fraction of sp³-hybridized carbons (Fsp3) is 0.429. The number of likely N-dealkylation sites (tertiary alicyclic amines) is 1. The predicted molar refractivity (Wildman–Crippen MR) is 111 cm³/mol. The number of piperidine rings is 1. The topological polar surface area (TPSA) is 77.1 Å². The summed E-state index contributed by atoms with van der Waals surface area (Å²) in [4.78, 5) is 2.42. The van der Waals surface area contributed by atoms with Crippen molar-refractivity contribution in [3.8, 4) is 17.2 Å². The minimum absolute atomic E-state index is 0.123. The Balaban J connectivity index is 1.59. The number of nitrogens with zero attached hydrogens (tertiary/aromatic N) is 1. The van der Waals surface area contributed by atoms with Crippen LogP contribution in [0.1, 0.15) is 18.4 Å². The molecule has 1 aliphatic rings. The number of sulfonamides is 1. The van der Waals surface area contributed by atoms with Gasteiger partial charge in [-0.15, -0.1) is 0 Å². The maximum absolute atomic E-state index is 12.6. The van der Waals surface area contributed by atoms with Crippen molar-refractivity contribution in [1.82, 2.24) is 9.62 Å². The first-order chi connectivity index (χ1) is 13.9. The molecule has 1 fully saturated rings. The Morgan fingerprint density at radius 1 is 1.00 bits per heavy atom. The van der Waals surface area contributed by atoms with Crippen LogP contribution >= 0.6 is 0 Å². The monoisotopic (exact) mass is 420 g/mol. The molecule has 0 saturated carbocycles. The highest BCUT2D eigenvalue weighted by atomic mass is 32.2. The van der Waals surface area contributed by atoms with E-state index in [1.54, 1.807) is 6.07 Å². The Kier molecular flexibility index (Phi) is 7.00. The average Bonchev–Trinajstić information content (AvgIpc) is 2.74. The molecule has 8 heteroatoms. The Hall–Kier alpha value is -2.29. The van der Waals surface area contributed by atoms with Gasteiger partial charge >= 0.3 is 0 Å². The van der Waals surface area contributed by atoms with Crippen molar-refractivity contribution in [2.24, 2.45) is 0 Å². The van der Waals surface area contributed by atoms with Gasteiger partial charge in [0.2, 0.25) is 10.0 Å². The van der Waals surface area contributed by atoms with Gasteiger partial charge in [0.05, 0.1) is 19.1 Å². The molecule has 3 rings (SSSR count). The van der Waals surface area contributed by atoms with Crippen LogP contribution in [0.3, 0.4) is 0 Å². The van der Waals surface area contributed by atoms with E-state index in [0.29, 0.717) is 11.5 Å². The van der Waals surface area contributed by atoms with Crippen LogP contribution in [0.25, 0.3) is 0 Å². The number of rotatable bonds is 8. The van der Waals surface area contributed by atoms with Gasteiger partial charge in [0.1, 0.15) is 11.9 Å². The lowest BCUT2D eigenvalue weighted by molar-refractivity contribution is 0.114. The standard InChI is InChI=1S/C21H28N2O5S/c1-23-12-10-18(11-13-23)28-17-6-4-16(5-7-17)15-22-29(24,25)19-8-9-20(26-2)21(14-19)27-3/h4-9,14,18,22H,10-13,15H2,1-3H3. The van der Waals surface area contributed by atoms with Gasteiger partial charge in [-0.2, -0.15) is 0 Å². The summed E-state index contributed by atoms with van der Waals surface area (Å²) in [6.45, 7) is 2.27. The molecule has 2 aromatic carbocycles. The Bertz CT molecular complexity index is 907. The zero-order valence-corrected chi connectivity index (χ0v) is 17.9. The number of ether oxygens (including phenoxy) is 3. The van der Waals surface area contributed by atoms with Crippen LogP contribution in [0.2, 0.25) is 0 Å². The normalized spacial score (nSPS) is 15.8. The van der Waals surface area contributed by atoms with Crippen LogP contribution in [-0.4, -0.2) is 53.8 Å². The molecule has 1 heterocycles. The molecule has 7 nitrogen and oxygen atoms in total. The summed E-state index contributed by atoms with van der Waals surface area (Å²) in [7, 11) is 1.42. The number of hydrogen-bond donors (Lipinski definition) is 1. The minimum Gasteiger partial charge on any atom is -0.493 e. The number of hydrogen-bond acceptors (Lipinski definition) is 6. The molecule has 0 aromatic heterocycles. The summed E-state index contributed by atoms with van der Waals surface area (Å²) in [5, 5.41) is 0. The quantitative estimate of drug-likeness (QED) is 0.708. The van der Waals surface area contributed by atoms with E-state index in [2.05, 4.69) is 16.7 Å². The molecular formula is C21H28N2O5S. The molecule has 0 unspecified atom stereocenters. The first kappa shape index (κ1) is 21.4. The van der Waals surface area contributed by atoms with E-state index in [4.69, 9.17) is 14.2 Å². The van der Waals surface area contributed by atoms with Crippen LogP contribution in [0.4, 0.5) is 0 Å². The third-order valence-electron chi connectivity index (χ3n) is 5.02. The first-order valence-electron chi connectivity index (χ1n) is 9.57. The number of benzene rings is 2. The Morgan fingerprint density at radius 2 is 1.66 bits per heavy atom. The van der Waals surface area contributed by atoms with Gasteiger partial charge in [-0.05, 0) is 49.7 Å². The second-order valence-corrected chi connectivity index (χ2v) is 8.87. The highest BCUT2D eigenvalue weighted by molar-refractivity contribution is 7.89. The van der Waals surface area contributed by atoms with Crippen molar-refractivity contribution in [3.05, 3.63) is 48.0 Å². The van der Waals surface area contributed by atoms with Gasteiger partial charge in [-0.25, -0.2) is 13.1 Å². The molecular weight excluding hydrogens is 392 g/mol. The number of methoxy groups -OCH3 is 2. The zero-order valence-electron chi connectivity index (χ0n) is 17.1. The van der Waals surface area contributed by atoms with Crippen LogP contribution in [0.5, 0.6) is 17.2 Å². The third-order valence-corrected chi connectivity index (χ3v) is 6.42. The summed E-state index contributed by atoms with van der Waals surface area (Å²) in [6, 6.07) is 12.0. The highest BCUT2D eigenvalue weighted by Crippen LogP contribution is 2.29. The summed E-state index contributed by atoms with van der Waals surface area (Å²) in [6.07, 6.45) is 2.27. The molecule has 1 aliphatic heterocycles. The van der Waals surface area contributed by atoms with Gasteiger partial charge in [0.15, 0.2) is 11.5 Å². The fourth-order valence-electron chi connectivity index (χ4n) is 3.23. The second-order valence-electron chi connectivity index (χ2n) is 7.11. The summed E-state index contributed by atoms with van der Waals surface area (Å²) in [5.74, 6) is 1.66. The van der Waals surface area contributed by atoms with Crippen molar-refractivity contribution >= 4 is 10.0 Å². The molecule has 1 saturated heterocycles. The van der Waals surface area contributed by atoms with Crippen molar-refractivity contribution in [2.75, 3.05) is 34.4 Å². The van der Waals surface area contributed by atoms with Gasteiger partial charge in [-0.1, -0.05) is 12.1 Å². The van der Waals surface area contributed by atoms with Crippen LogP contribution in [-0.2, 0) is 16.6 Å². The maximum Gasteiger partial charge on any atom is 0.241 e. The van der Waals surface area contributed by atoms with E-state index in [0.717, 1.165) is 37.2 Å². The smallest absolute Gasteiger partial charge is 0.241 e. The number of nitrogens with one attached hydrogen (secondary N) is 1. The van der Waals surface area contributed by atoms with E-state index in [9.17, 15) is 8.42 Å². The minimum atomic E-state index is -3.68. The summed E-state index contributed by atoms with van der Waals surface area (Å²) in [5.41, 5.74) is 0.852. The lowest BCUT2D eigenvalue weighted by Crippen LogP contribution is -2.35. The van der Waals surface area contributed by atoms with E-state index >= 15 is 0 Å². The fourth-order valence-corrected chi connectivity index (χ4v) is 4.26. The van der Waals surface area contributed by atoms with Crippen LogP contribution < -0.4 is 18.9 Å². The van der Waals surface area contributed by atoms with Crippen LogP contribution in [0.15, 0.2) is 47.4 Å². The van der Waals surface area contributed by atoms with Crippen molar-refractivity contribution in [1.29, 1.82) is 0 Å². The van der Waals surface area contributed by atoms with E-state index in [1.165, 1.54) is 26.4 Å². The first-order valence-corrected chi connectivity index (χ1v) is 11.1. The van der Waals surface area contributed by atoms with Gasteiger partial charge < -0.3 is 19.1 Å². The predicted octanol–water partition coefficient (Wildman–Crippen LogP) is 2.66. The molecule has 1 N–H and O–H groups in total. The largest absolute Gasteiger partial charge is 0.493 e. The van der Waals surface area contributed by atoms with Crippen LogP contribution in [0, 0.1) is 0 Å². The Morgan fingerprint density at radius 3 is 2.28 bits per heavy atom. The van der Waals surface area contributed by atoms with E-state index in [-0.39, 0.29) is 17.5 Å². The molecule has 0 amide bonds. The molecule has 0 bridgehead atoms. The summed E-state index contributed by atoms with van der Waals surface area (Å²) >= 11 is 0. The zero-order chi connectivity index (χ0) is 20.9. The maximum atomic E-state index is 12.6. The second kappa shape index (κ2) is 9.47. The molecule has 29 heavy (non-hydrogen) atoms. The lowest BCUT2D eigenvalue weighted by atomic mass is 10.1. The van der Waals surface area contributed by atoms with Crippen molar-refractivity contribution in [2.45, 2.75) is 30.4 Å². The summed E-state index contributed by atoms with van der Waals surface area (Å²) < 4.78 is 44.2. The molecule has 158 valence electrons. The average molecular weight is 421 g/mol. The molecule has 0 spiro atoms. The van der Waals surface area contributed by atoms with E-state index < -0.39 is 10.0 Å². The van der Waals surface area contributed by atoms with Crippen molar-refractivity contribution < 1.29 is 22.6 Å². The molecule has 0 atom stereocenters. The lowest BCUT2D eigenvalue weighted by Gasteiger charge is -2.29. The molecule has 0 radical (unpaired) electrons. The van der Waals surface area contributed by atoms with Crippen molar-refractivity contribution in [3.63, 3.8) is 0 Å². The third kappa shape index (κ3) is 5.62. The van der Waals surface area contributed by atoms with Gasteiger partial charge in [0.25, 0.3) is 0 Å². The molecule has 2 aromatic rings. The van der Waals surface area contributed by atoms with Gasteiger partial charge in [-0.3, -0.25) is 0 Å². The molecule has 0 aliphatic carbocycles. The highest BCUT2D eigenvalue weighted by Gasteiger charge is 2.19. The Labute approximate surface area is 172 Å².